The van der Waals surface area contributed by atoms with Crippen LogP contribution in [-0.2, 0) is 174 Å². The van der Waals surface area contributed by atoms with Crippen LogP contribution in [0, 0.1) is 0 Å². The second kappa shape index (κ2) is 24.7. The Morgan fingerprint density at radius 1 is 0.293 bits per heavy atom. The van der Waals surface area contributed by atoms with Gasteiger partial charge >= 0.3 is 104 Å². The molecule has 10 N–H and O–H groups in total. The van der Waals surface area contributed by atoms with E-state index in [-0.39, 0.29) is 0 Å². The van der Waals surface area contributed by atoms with Crippen molar-refractivity contribution in [3.63, 3.8) is 0 Å². The third kappa shape index (κ3) is 24.4. The fourth-order valence-corrected chi connectivity index (χ4v) is 10.9. The molecule has 0 amide bonds. The summed E-state index contributed by atoms with van der Waals surface area (Å²) in [6.07, 6.45) is -47.6. The Morgan fingerprint density at radius 2 is 0.533 bits per heavy atom. The minimum Gasteiger partial charge on any atom is -0.353 e. The van der Waals surface area contributed by atoms with Gasteiger partial charge in [-0.05, 0) is 0 Å². The van der Waals surface area contributed by atoms with Gasteiger partial charge in [0.05, 0.1) is 19.8 Å². The number of ether oxygens (including phenoxy) is 6. The summed E-state index contributed by atoms with van der Waals surface area (Å²) in [6.45, 7) is -5.83. The molecule has 0 aromatic carbocycles. The third-order valence-corrected chi connectivity index (χ3v) is 12.9. The predicted octanol–water partition coefficient (Wildman–Crippen LogP) is -8.65. The lowest BCUT2D eigenvalue weighted by Gasteiger charge is -2.48. The molecule has 3 fully saturated rings. The fraction of sp³-hybridized carbons (Fsp3) is 1.00. The second-order valence-electron chi connectivity index (χ2n) is 13.6. The lowest BCUT2D eigenvalue weighted by Crippen LogP contribution is -2.67. The molecule has 46 nitrogen and oxygen atoms in total. The lowest BCUT2D eigenvalue weighted by atomic mass is 9.96. The fourth-order valence-electron chi connectivity index (χ4n) is 6.28. The molecule has 3 rings (SSSR count). The number of methoxy groups -OCH3 is 1. The highest BCUT2D eigenvalue weighted by atomic mass is 32.3. The minimum atomic E-state index is -6.32. The monoisotopic (exact) mass is 1320 g/mol. The van der Waals surface area contributed by atoms with Gasteiger partial charge in [0, 0.05) is 7.11 Å². The first-order valence-corrected chi connectivity index (χ1v) is 31.2. The molecule has 0 spiro atoms. The molecule has 0 radical (unpaired) electrons. The summed E-state index contributed by atoms with van der Waals surface area (Å²) >= 11 is 0. The van der Waals surface area contributed by atoms with Crippen molar-refractivity contribution < 1.29 is 200 Å². The SMILES string of the molecule is CO[C@H]1O[C@H](CO[C@@H]2O[C@H](COS(=O)(=O)O)[C@@H](OS(=O)(=O)O)[C@H](OS(=O)(=O)O)[C@H]2OS(=O)(=O)O)[C@@H](OS(=O)(=O)O)[C@H](O[C@@H]2O[C@H](COS(=O)(=O)O)[C@@H](OS(=O)(=O)O)[C@H](OS(=O)(=O)O)[C@H]2OS(=O)(=O)O)[C@H]1OS(=O)(=O)O. The minimum absolute atomic E-state index is 0.466. The molecular weight excluding hydrogens is 1280 g/mol. The highest BCUT2D eigenvalue weighted by molar-refractivity contribution is 7.83. The topological polar surface area (TPSA) is 691 Å². The highest BCUT2D eigenvalue weighted by Gasteiger charge is 2.60. The van der Waals surface area contributed by atoms with Gasteiger partial charge in [-0.3, -0.25) is 45.5 Å². The average molecular weight is 1320 g/mol. The molecule has 3 aliphatic rings. The van der Waals surface area contributed by atoms with Gasteiger partial charge < -0.3 is 28.4 Å². The van der Waals surface area contributed by atoms with E-state index in [2.05, 4.69) is 41.8 Å². The van der Waals surface area contributed by atoms with Crippen LogP contribution in [0.3, 0.4) is 0 Å². The Labute approximate surface area is 420 Å². The second-order valence-corrected chi connectivity index (χ2v) is 24.2. The number of hydrogen-bond donors (Lipinski definition) is 10. The van der Waals surface area contributed by atoms with Crippen LogP contribution in [0.5, 0.6) is 0 Å². The first-order chi connectivity index (χ1) is 33.3. The Balaban J connectivity index is 2.40. The zero-order valence-electron chi connectivity index (χ0n) is 35.0. The van der Waals surface area contributed by atoms with Gasteiger partial charge in [-0.15, -0.1) is 0 Å². The summed E-state index contributed by atoms with van der Waals surface area (Å²) in [4.78, 5) is 0. The van der Waals surface area contributed by atoms with Gasteiger partial charge in [0.15, 0.2) is 37.2 Å². The molecule has 0 aliphatic carbocycles. The van der Waals surface area contributed by atoms with Gasteiger partial charge in [0.2, 0.25) is 0 Å². The molecule has 3 aliphatic heterocycles. The maximum Gasteiger partial charge on any atom is 0.397 e. The molecule has 75 heavy (non-hydrogen) atoms. The van der Waals surface area contributed by atoms with E-state index in [1.807, 2.05) is 0 Å². The van der Waals surface area contributed by atoms with Crippen LogP contribution in [-0.4, -0.2) is 249 Å². The first-order valence-electron chi connectivity index (χ1n) is 17.6. The molecule has 0 aromatic heterocycles. The van der Waals surface area contributed by atoms with Crippen LogP contribution in [0.15, 0.2) is 0 Å². The lowest BCUT2D eigenvalue weighted by molar-refractivity contribution is -0.353. The van der Waals surface area contributed by atoms with Crippen LogP contribution in [0.4, 0.5) is 0 Å². The van der Waals surface area contributed by atoms with E-state index >= 15 is 0 Å². The molecule has 0 aromatic rings. The maximum absolute atomic E-state index is 12.4. The van der Waals surface area contributed by atoms with Gasteiger partial charge in [-0.1, -0.05) is 0 Å². The van der Waals surface area contributed by atoms with Crippen molar-refractivity contribution in [3.05, 3.63) is 0 Å². The molecular formula is C19H34O46S10. The average Bonchev–Trinajstić information content (AvgIpc) is 3.13. The van der Waals surface area contributed by atoms with Crippen molar-refractivity contribution in [3.8, 4) is 0 Å². The van der Waals surface area contributed by atoms with Crippen LogP contribution in [0.1, 0.15) is 0 Å². The summed E-state index contributed by atoms with van der Waals surface area (Å²) in [5.74, 6) is 0. The molecule has 0 saturated carbocycles. The van der Waals surface area contributed by atoms with Crippen molar-refractivity contribution in [1.29, 1.82) is 0 Å². The Morgan fingerprint density at radius 3 is 0.840 bits per heavy atom. The van der Waals surface area contributed by atoms with Crippen molar-refractivity contribution >= 4 is 104 Å². The maximum atomic E-state index is 12.4. The highest BCUT2D eigenvalue weighted by Crippen LogP contribution is 2.38. The van der Waals surface area contributed by atoms with E-state index in [4.69, 9.17) is 37.5 Å². The van der Waals surface area contributed by atoms with E-state index in [1.165, 1.54) is 0 Å². The van der Waals surface area contributed by atoms with Crippen molar-refractivity contribution in [2.45, 2.75) is 92.1 Å². The zero-order chi connectivity index (χ0) is 58.1. The van der Waals surface area contributed by atoms with Gasteiger partial charge in [-0.2, -0.15) is 84.2 Å². The Kier molecular flexibility index (Phi) is 22.3. The van der Waals surface area contributed by atoms with E-state index in [0.717, 1.165) is 0 Å². The van der Waals surface area contributed by atoms with E-state index in [1.54, 1.807) is 0 Å². The van der Waals surface area contributed by atoms with E-state index in [9.17, 15) is 121 Å². The van der Waals surface area contributed by atoms with Gasteiger partial charge in [0.1, 0.15) is 54.9 Å². The van der Waals surface area contributed by atoms with Crippen molar-refractivity contribution in [2.24, 2.45) is 0 Å². The summed E-state index contributed by atoms with van der Waals surface area (Å²) < 4.78 is 406. The standard InChI is InChI=1S/C19H34O46S10/c1-50-17-14(63-73(41,42)43)11(57-19-16(65-75(47,48)49)13(62-72(38,39)40)10(60-70(32,33)34)7(56-19)4-53-67(23,24)25)8(58-68(26,27)28)5(54-17)2-51-18-15(64-74(44,45)46)12(61-71(35,36)37)9(59-69(29,30)31)6(55-18)3-52-66(20,21)22/h5-19H,2-4H2,1H3,(H,20,21,22)(H,23,24,25)(H,26,27,28)(H,29,30,31)(H,32,33,34)(H,35,36,37)(H,38,39,40)(H,41,42,43)(H,44,45,46)(H,47,48,49)/t5-,6-,7-,8-,9-,10-,11+,12+,13+,14-,15-,16-,17+,18-,19+/m1/s1. The van der Waals surface area contributed by atoms with E-state index in [0.29, 0.717) is 7.11 Å². The zero-order valence-corrected chi connectivity index (χ0v) is 43.2. The normalized spacial score (nSPS) is 32.5. The van der Waals surface area contributed by atoms with Crippen molar-refractivity contribution in [1.82, 2.24) is 0 Å². The number of rotatable bonds is 28. The molecule has 0 unspecified atom stereocenters. The molecule has 3 heterocycles. The van der Waals surface area contributed by atoms with Crippen LogP contribution < -0.4 is 0 Å². The Hall–Kier alpha value is -1.54. The molecule has 446 valence electrons. The molecule has 15 atom stereocenters. The first kappa shape index (κ1) is 67.7. The molecule has 3 saturated heterocycles. The smallest absolute Gasteiger partial charge is 0.353 e. The summed E-state index contributed by atoms with van der Waals surface area (Å²) in [5.41, 5.74) is 0. The van der Waals surface area contributed by atoms with Gasteiger partial charge in [-0.25, -0.2) is 41.8 Å². The van der Waals surface area contributed by atoms with Crippen LogP contribution in [0.2, 0.25) is 0 Å². The number of hydrogen-bond acceptors (Lipinski definition) is 36. The molecule has 56 heteroatoms. The van der Waals surface area contributed by atoms with Gasteiger partial charge in [0.25, 0.3) is 0 Å². The summed E-state index contributed by atoms with van der Waals surface area (Å²) in [7, 11) is -60.7. The largest absolute Gasteiger partial charge is 0.397 e. The third-order valence-electron chi connectivity index (χ3n) is 8.35. The summed E-state index contributed by atoms with van der Waals surface area (Å²) in [6, 6.07) is 0. The summed E-state index contributed by atoms with van der Waals surface area (Å²) in [5, 5.41) is 0. The Bertz CT molecular complexity index is 3150. The molecule has 0 bridgehead atoms. The van der Waals surface area contributed by atoms with Crippen LogP contribution in [0.25, 0.3) is 0 Å². The van der Waals surface area contributed by atoms with Crippen molar-refractivity contribution in [2.75, 3.05) is 26.9 Å². The predicted molar refractivity (Wildman–Crippen MR) is 210 cm³/mol. The quantitative estimate of drug-likeness (QED) is 0.0325. The van der Waals surface area contributed by atoms with Crippen LogP contribution >= 0.6 is 0 Å². The van der Waals surface area contributed by atoms with E-state index < -0.39 is 216 Å².